The highest BCUT2D eigenvalue weighted by Crippen LogP contribution is 2.24. The van der Waals surface area contributed by atoms with Gasteiger partial charge in [-0.3, -0.25) is 4.98 Å². The number of aromatic nitrogens is 2. The van der Waals surface area contributed by atoms with Gasteiger partial charge in [-0.1, -0.05) is 6.92 Å². The zero-order valence-electron chi connectivity index (χ0n) is 10.1. The van der Waals surface area contributed by atoms with Gasteiger partial charge in [-0.2, -0.15) is 0 Å². The first-order valence-electron chi connectivity index (χ1n) is 6.08. The Labute approximate surface area is 97.1 Å². The molecule has 1 atom stereocenters. The fourth-order valence-corrected chi connectivity index (χ4v) is 2.32. The molecule has 16 heavy (non-hydrogen) atoms. The maximum Gasteiger partial charge on any atom is 0.150 e. The predicted octanol–water partition coefficient (Wildman–Crippen LogP) is 1.36. The van der Waals surface area contributed by atoms with Crippen LogP contribution in [-0.4, -0.2) is 35.6 Å². The van der Waals surface area contributed by atoms with Crippen LogP contribution in [0.25, 0.3) is 0 Å². The van der Waals surface area contributed by atoms with Gasteiger partial charge >= 0.3 is 0 Å². The highest BCUT2D eigenvalue weighted by atomic mass is 15.2. The Morgan fingerprint density at radius 3 is 3.00 bits per heavy atom. The molecule has 4 heteroatoms. The van der Waals surface area contributed by atoms with Crippen LogP contribution in [-0.2, 0) is 0 Å². The van der Waals surface area contributed by atoms with Gasteiger partial charge < -0.3 is 10.2 Å². The first-order valence-corrected chi connectivity index (χ1v) is 6.08. The Hall–Kier alpha value is -1.16. The number of rotatable bonds is 4. The Balaban J connectivity index is 2.10. The van der Waals surface area contributed by atoms with Crippen LogP contribution in [0.5, 0.6) is 0 Å². The van der Waals surface area contributed by atoms with Gasteiger partial charge in [0.1, 0.15) is 5.82 Å². The number of nitrogens with one attached hydrogen (secondary N) is 1. The third-order valence-corrected chi connectivity index (χ3v) is 3.13. The maximum atomic E-state index is 4.45. The number of anilines is 1. The van der Waals surface area contributed by atoms with Crippen molar-refractivity contribution >= 4 is 5.82 Å². The Morgan fingerprint density at radius 2 is 2.25 bits per heavy atom. The SMILES string of the molecule is CCNCC1CCCN1c1nccnc1C. The van der Waals surface area contributed by atoms with Crippen molar-refractivity contribution in [2.45, 2.75) is 32.7 Å². The summed E-state index contributed by atoms with van der Waals surface area (Å²) in [5, 5.41) is 3.42. The van der Waals surface area contributed by atoms with Crippen molar-refractivity contribution in [2.75, 3.05) is 24.5 Å². The number of hydrogen-bond donors (Lipinski definition) is 1. The molecule has 1 aliphatic rings. The van der Waals surface area contributed by atoms with Gasteiger partial charge in [0.15, 0.2) is 0 Å². The smallest absolute Gasteiger partial charge is 0.150 e. The molecular formula is C12H20N4. The summed E-state index contributed by atoms with van der Waals surface area (Å²) in [7, 11) is 0. The summed E-state index contributed by atoms with van der Waals surface area (Å²) in [5.41, 5.74) is 1.03. The first kappa shape index (κ1) is 11.3. The van der Waals surface area contributed by atoms with Crippen molar-refractivity contribution < 1.29 is 0 Å². The van der Waals surface area contributed by atoms with Crippen molar-refractivity contribution in [3.8, 4) is 0 Å². The van der Waals surface area contributed by atoms with Crippen LogP contribution in [0.4, 0.5) is 5.82 Å². The van der Waals surface area contributed by atoms with Crippen LogP contribution < -0.4 is 10.2 Å². The second-order valence-electron chi connectivity index (χ2n) is 4.26. The van der Waals surface area contributed by atoms with Crippen molar-refractivity contribution in [3.63, 3.8) is 0 Å². The lowest BCUT2D eigenvalue weighted by molar-refractivity contribution is 0.583. The predicted molar refractivity (Wildman–Crippen MR) is 65.7 cm³/mol. The summed E-state index contributed by atoms with van der Waals surface area (Å²) in [4.78, 5) is 11.2. The minimum absolute atomic E-state index is 0.579. The van der Waals surface area contributed by atoms with E-state index in [1.54, 1.807) is 12.4 Å². The molecule has 0 radical (unpaired) electrons. The lowest BCUT2D eigenvalue weighted by atomic mass is 10.2. The lowest BCUT2D eigenvalue weighted by Crippen LogP contribution is -2.38. The molecule has 1 aromatic rings. The van der Waals surface area contributed by atoms with Gasteiger partial charge in [0.05, 0.1) is 5.69 Å². The summed E-state index contributed by atoms with van der Waals surface area (Å²) < 4.78 is 0. The third-order valence-electron chi connectivity index (χ3n) is 3.13. The number of aryl methyl sites for hydroxylation is 1. The molecule has 0 saturated carbocycles. The summed E-state index contributed by atoms with van der Waals surface area (Å²) in [6.45, 7) is 7.36. The van der Waals surface area contributed by atoms with Gasteiger partial charge in [-0.15, -0.1) is 0 Å². The monoisotopic (exact) mass is 220 g/mol. The van der Waals surface area contributed by atoms with Crippen LogP contribution in [0.1, 0.15) is 25.5 Å². The van der Waals surface area contributed by atoms with Crippen molar-refractivity contribution in [2.24, 2.45) is 0 Å². The molecule has 1 unspecified atom stereocenters. The molecule has 1 saturated heterocycles. The summed E-state index contributed by atoms with van der Waals surface area (Å²) >= 11 is 0. The zero-order chi connectivity index (χ0) is 11.4. The lowest BCUT2D eigenvalue weighted by Gasteiger charge is -2.26. The van der Waals surface area contributed by atoms with Crippen LogP contribution in [0.2, 0.25) is 0 Å². The molecule has 1 fully saturated rings. The van der Waals surface area contributed by atoms with E-state index in [-0.39, 0.29) is 0 Å². The zero-order valence-corrected chi connectivity index (χ0v) is 10.1. The molecular weight excluding hydrogens is 200 g/mol. The molecule has 2 heterocycles. The molecule has 0 aliphatic carbocycles. The summed E-state index contributed by atoms with van der Waals surface area (Å²) in [6, 6.07) is 0.579. The van der Waals surface area contributed by atoms with E-state index in [4.69, 9.17) is 0 Å². The molecule has 88 valence electrons. The highest BCUT2D eigenvalue weighted by molar-refractivity contribution is 5.44. The average molecular weight is 220 g/mol. The fourth-order valence-electron chi connectivity index (χ4n) is 2.32. The molecule has 4 nitrogen and oxygen atoms in total. The van der Waals surface area contributed by atoms with Crippen LogP contribution in [0.3, 0.4) is 0 Å². The Morgan fingerprint density at radius 1 is 1.44 bits per heavy atom. The van der Waals surface area contributed by atoms with Gasteiger partial charge in [-0.05, 0) is 26.3 Å². The second kappa shape index (κ2) is 5.25. The van der Waals surface area contributed by atoms with E-state index in [0.29, 0.717) is 6.04 Å². The van der Waals surface area contributed by atoms with Crippen molar-refractivity contribution in [3.05, 3.63) is 18.1 Å². The Kier molecular flexibility index (Phi) is 3.72. The molecule has 1 aromatic heterocycles. The average Bonchev–Trinajstić information content (AvgIpc) is 2.75. The molecule has 0 amide bonds. The highest BCUT2D eigenvalue weighted by Gasteiger charge is 2.26. The van der Waals surface area contributed by atoms with E-state index in [2.05, 4.69) is 27.1 Å². The molecule has 1 N–H and O–H groups in total. The van der Waals surface area contributed by atoms with Gasteiger partial charge in [0.2, 0.25) is 0 Å². The van der Waals surface area contributed by atoms with E-state index in [1.165, 1.54) is 12.8 Å². The summed E-state index contributed by atoms with van der Waals surface area (Å²) in [5.74, 6) is 1.06. The normalized spacial score (nSPS) is 20.4. The topological polar surface area (TPSA) is 41.0 Å². The standard InChI is InChI=1S/C12H20N4/c1-3-13-9-11-5-4-8-16(11)12-10(2)14-6-7-15-12/h6-7,11,13H,3-5,8-9H2,1-2H3. The number of nitrogens with zero attached hydrogens (tertiary/aromatic N) is 3. The molecule has 0 spiro atoms. The van der Waals surface area contributed by atoms with Gasteiger partial charge in [0, 0.05) is 31.5 Å². The van der Waals surface area contributed by atoms with Gasteiger partial charge in [0.25, 0.3) is 0 Å². The largest absolute Gasteiger partial charge is 0.351 e. The van der Waals surface area contributed by atoms with Crippen LogP contribution in [0.15, 0.2) is 12.4 Å². The molecule has 2 rings (SSSR count). The van der Waals surface area contributed by atoms with Crippen molar-refractivity contribution in [1.29, 1.82) is 0 Å². The van der Waals surface area contributed by atoms with Crippen LogP contribution >= 0.6 is 0 Å². The van der Waals surface area contributed by atoms with E-state index in [0.717, 1.165) is 31.1 Å². The number of likely N-dealkylation sites (N-methyl/N-ethyl adjacent to an activating group) is 1. The second-order valence-corrected chi connectivity index (χ2v) is 4.26. The first-order chi connectivity index (χ1) is 7.83. The Bertz CT molecular complexity index is 340. The quantitative estimate of drug-likeness (QED) is 0.832. The molecule has 0 bridgehead atoms. The molecule has 0 aromatic carbocycles. The van der Waals surface area contributed by atoms with E-state index < -0.39 is 0 Å². The van der Waals surface area contributed by atoms with Gasteiger partial charge in [-0.25, -0.2) is 4.98 Å². The minimum atomic E-state index is 0.579. The molecule has 1 aliphatic heterocycles. The summed E-state index contributed by atoms with van der Waals surface area (Å²) in [6.07, 6.45) is 6.05. The number of hydrogen-bond acceptors (Lipinski definition) is 4. The van der Waals surface area contributed by atoms with Crippen LogP contribution in [0, 0.1) is 6.92 Å². The maximum absolute atomic E-state index is 4.45. The van der Waals surface area contributed by atoms with Crippen molar-refractivity contribution in [1.82, 2.24) is 15.3 Å². The van der Waals surface area contributed by atoms with E-state index in [1.807, 2.05) is 6.92 Å². The van der Waals surface area contributed by atoms with E-state index >= 15 is 0 Å². The fraction of sp³-hybridized carbons (Fsp3) is 0.667. The minimum Gasteiger partial charge on any atom is -0.351 e. The third kappa shape index (κ3) is 2.32. The van der Waals surface area contributed by atoms with E-state index in [9.17, 15) is 0 Å².